The van der Waals surface area contributed by atoms with E-state index in [4.69, 9.17) is 4.74 Å². The fraction of sp³-hybridized carbons (Fsp3) is 0.400. The van der Waals surface area contributed by atoms with Crippen LogP contribution in [0.25, 0.3) is 11.1 Å². The molecular formula is C25H30N2O5. The molecule has 0 aromatic heterocycles. The monoisotopic (exact) mass is 438 g/mol. The zero-order chi connectivity index (χ0) is 23.3. The van der Waals surface area contributed by atoms with Gasteiger partial charge in [-0.05, 0) is 42.5 Å². The van der Waals surface area contributed by atoms with Crippen molar-refractivity contribution in [1.29, 1.82) is 0 Å². The fourth-order valence-electron chi connectivity index (χ4n) is 4.04. The molecule has 1 atom stereocenters. The number of ether oxygens (including phenoxy) is 1. The molecule has 0 spiro atoms. The van der Waals surface area contributed by atoms with Crippen molar-refractivity contribution in [3.05, 3.63) is 59.7 Å². The molecule has 7 nitrogen and oxygen atoms in total. The summed E-state index contributed by atoms with van der Waals surface area (Å²) >= 11 is 0. The van der Waals surface area contributed by atoms with Crippen LogP contribution in [-0.4, -0.2) is 41.8 Å². The first kappa shape index (κ1) is 23.3. The summed E-state index contributed by atoms with van der Waals surface area (Å²) in [5.41, 5.74) is 3.23. The summed E-state index contributed by atoms with van der Waals surface area (Å²) in [6, 6.07) is 16.1. The summed E-state index contributed by atoms with van der Waals surface area (Å²) in [5, 5.41) is 14.5. The third-order valence-corrected chi connectivity index (χ3v) is 5.82. The Bertz CT molecular complexity index is 956. The number of fused-ring (bicyclic) bond motifs is 3. The molecule has 3 N–H and O–H groups in total. The summed E-state index contributed by atoms with van der Waals surface area (Å²) in [4.78, 5) is 36.3. The van der Waals surface area contributed by atoms with Gasteiger partial charge < -0.3 is 20.5 Å². The van der Waals surface area contributed by atoms with E-state index in [1.54, 1.807) is 13.8 Å². The molecule has 2 amide bonds. The average molecular weight is 439 g/mol. The van der Waals surface area contributed by atoms with Crippen molar-refractivity contribution < 1.29 is 24.2 Å². The summed E-state index contributed by atoms with van der Waals surface area (Å²) in [7, 11) is 0. The molecule has 3 rings (SSSR count). The van der Waals surface area contributed by atoms with Crippen LogP contribution in [0.2, 0.25) is 0 Å². The minimum atomic E-state index is -1.25. The molecule has 1 aliphatic rings. The number of carbonyl (C=O) groups excluding carboxylic acids is 2. The smallest absolute Gasteiger partial charge is 0.408 e. The van der Waals surface area contributed by atoms with Crippen LogP contribution in [0.4, 0.5) is 4.79 Å². The molecule has 0 heterocycles. The van der Waals surface area contributed by atoms with Gasteiger partial charge in [-0.1, -0.05) is 61.9 Å². The topological polar surface area (TPSA) is 105 Å². The highest BCUT2D eigenvalue weighted by molar-refractivity contribution is 5.89. The van der Waals surface area contributed by atoms with Crippen LogP contribution in [0.5, 0.6) is 0 Å². The quantitative estimate of drug-likeness (QED) is 0.550. The lowest BCUT2D eigenvalue weighted by molar-refractivity contribution is -0.142. The van der Waals surface area contributed by atoms with Crippen molar-refractivity contribution in [3.8, 4) is 11.1 Å². The van der Waals surface area contributed by atoms with Gasteiger partial charge in [-0.3, -0.25) is 9.59 Å². The Balaban J connectivity index is 1.58. The highest BCUT2D eigenvalue weighted by Crippen LogP contribution is 2.44. The van der Waals surface area contributed by atoms with Gasteiger partial charge in [-0.15, -0.1) is 0 Å². The largest absolute Gasteiger partial charge is 0.481 e. The number of benzene rings is 2. The van der Waals surface area contributed by atoms with Crippen molar-refractivity contribution in [2.75, 3.05) is 13.2 Å². The third-order valence-electron chi connectivity index (χ3n) is 5.82. The number of aliphatic carboxylic acids is 1. The number of carboxylic acids is 1. The first-order valence-electron chi connectivity index (χ1n) is 10.9. The van der Waals surface area contributed by atoms with Crippen molar-refractivity contribution in [1.82, 2.24) is 10.6 Å². The lowest BCUT2D eigenvalue weighted by Crippen LogP contribution is -2.55. The van der Waals surface area contributed by atoms with Crippen LogP contribution < -0.4 is 10.6 Å². The summed E-state index contributed by atoms with van der Waals surface area (Å²) < 4.78 is 5.50. The molecule has 1 unspecified atom stereocenters. The zero-order valence-electron chi connectivity index (χ0n) is 18.7. The van der Waals surface area contributed by atoms with E-state index in [1.165, 1.54) is 0 Å². The molecule has 7 heteroatoms. The minimum Gasteiger partial charge on any atom is -0.481 e. The van der Waals surface area contributed by atoms with Crippen molar-refractivity contribution in [2.45, 2.75) is 45.1 Å². The van der Waals surface area contributed by atoms with Gasteiger partial charge >= 0.3 is 12.1 Å². The van der Waals surface area contributed by atoms with E-state index in [0.717, 1.165) is 22.3 Å². The molecule has 170 valence electrons. The number of hydrogen-bond acceptors (Lipinski definition) is 4. The number of nitrogens with one attached hydrogen (secondary N) is 2. The molecule has 2 aromatic rings. The lowest BCUT2D eigenvalue weighted by atomic mass is 9.98. The van der Waals surface area contributed by atoms with Gasteiger partial charge in [0.2, 0.25) is 5.91 Å². The molecular weight excluding hydrogens is 408 g/mol. The van der Waals surface area contributed by atoms with Crippen LogP contribution in [0.3, 0.4) is 0 Å². The zero-order valence-corrected chi connectivity index (χ0v) is 18.7. The molecule has 32 heavy (non-hydrogen) atoms. The van der Waals surface area contributed by atoms with Gasteiger partial charge in [0.15, 0.2) is 0 Å². The van der Waals surface area contributed by atoms with Crippen LogP contribution in [0.1, 0.15) is 50.7 Å². The number of carbonyl (C=O) groups is 3. The standard InChI is InChI=1S/C25H30N2O5/c1-4-9-16(22(28)29)14-26-23(30)25(2,3)27-24(31)32-15-21-19-12-7-5-10-17(19)18-11-6-8-13-20(18)21/h5-8,10-13,16,21H,4,9,14-15H2,1-3H3,(H,26,30)(H,27,31)(H,28,29). The predicted octanol–water partition coefficient (Wildman–Crippen LogP) is 3.92. The van der Waals surface area contributed by atoms with Gasteiger partial charge in [-0.2, -0.15) is 0 Å². The highest BCUT2D eigenvalue weighted by atomic mass is 16.5. The van der Waals surface area contributed by atoms with E-state index in [-0.39, 0.29) is 19.1 Å². The molecule has 0 saturated heterocycles. The van der Waals surface area contributed by atoms with Crippen LogP contribution in [0, 0.1) is 5.92 Å². The Morgan fingerprint density at radius 2 is 1.59 bits per heavy atom. The normalized spacial score (nSPS) is 13.6. The summed E-state index contributed by atoms with van der Waals surface area (Å²) in [5.74, 6) is -2.15. The van der Waals surface area contributed by atoms with Crippen molar-refractivity contribution in [3.63, 3.8) is 0 Å². The Morgan fingerprint density at radius 3 is 2.12 bits per heavy atom. The van der Waals surface area contributed by atoms with E-state index < -0.39 is 29.4 Å². The molecule has 0 fully saturated rings. The van der Waals surface area contributed by atoms with Gasteiger partial charge in [0.25, 0.3) is 0 Å². The maximum Gasteiger partial charge on any atom is 0.408 e. The highest BCUT2D eigenvalue weighted by Gasteiger charge is 2.33. The molecule has 0 saturated carbocycles. The summed E-state index contributed by atoms with van der Waals surface area (Å²) in [6.07, 6.45) is 0.472. The SMILES string of the molecule is CCCC(CNC(=O)C(C)(C)NC(=O)OCC1c2ccccc2-c2ccccc21)C(=O)O. The van der Waals surface area contributed by atoms with Gasteiger partial charge in [0.05, 0.1) is 5.92 Å². The van der Waals surface area contributed by atoms with E-state index >= 15 is 0 Å². The number of alkyl carbamates (subject to hydrolysis) is 1. The fourth-order valence-corrected chi connectivity index (χ4v) is 4.04. The van der Waals surface area contributed by atoms with Crippen molar-refractivity contribution >= 4 is 18.0 Å². The first-order chi connectivity index (χ1) is 15.2. The lowest BCUT2D eigenvalue weighted by Gasteiger charge is -2.26. The minimum absolute atomic E-state index is 0.0117. The van der Waals surface area contributed by atoms with Crippen LogP contribution >= 0.6 is 0 Å². The second-order valence-corrected chi connectivity index (χ2v) is 8.61. The third kappa shape index (κ3) is 5.10. The summed E-state index contributed by atoms with van der Waals surface area (Å²) in [6.45, 7) is 5.16. The number of rotatable bonds is 9. The molecule has 1 aliphatic carbocycles. The van der Waals surface area contributed by atoms with Crippen molar-refractivity contribution in [2.24, 2.45) is 5.92 Å². The Morgan fingerprint density at radius 1 is 1.03 bits per heavy atom. The average Bonchev–Trinajstić information content (AvgIpc) is 3.08. The Kier molecular flexibility index (Phi) is 7.18. The maximum atomic E-state index is 12.5. The Labute approximate surface area is 188 Å². The van der Waals surface area contributed by atoms with E-state index in [1.807, 2.05) is 43.3 Å². The van der Waals surface area contributed by atoms with Crippen LogP contribution in [0.15, 0.2) is 48.5 Å². The van der Waals surface area contributed by atoms with Gasteiger partial charge in [-0.25, -0.2) is 4.79 Å². The molecule has 0 aliphatic heterocycles. The number of hydrogen-bond donors (Lipinski definition) is 3. The number of carboxylic acid groups (broad SMARTS) is 1. The van der Waals surface area contributed by atoms with E-state index in [2.05, 4.69) is 22.8 Å². The van der Waals surface area contributed by atoms with Gasteiger partial charge in [0, 0.05) is 12.5 Å². The van der Waals surface area contributed by atoms with E-state index in [9.17, 15) is 19.5 Å². The first-order valence-corrected chi connectivity index (χ1v) is 10.9. The number of amides is 2. The Hall–Kier alpha value is -3.35. The molecule has 2 aromatic carbocycles. The second-order valence-electron chi connectivity index (χ2n) is 8.61. The molecule has 0 bridgehead atoms. The second kappa shape index (κ2) is 9.85. The van der Waals surface area contributed by atoms with E-state index in [0.29, 0.717) is 12.8 Å². The van der Waals surface area contributed by atoms with Gasteiger partial charge in [0.1, 0.15) is 12.1 Å². The predicted molar refractivity (Wildman–Crippen MR) is 121 cm³/mol. The maximum absolute atomic E-state index is 12.5. The molecule has 0 radical (unpaired) electrons. The van der Waals surface area contributed by atoms with Crippen LogP contribution in [-0.2, 0) is 14.3 Å².